The van der Waals surface area contributed by atoms with Crippen molar-refractivity contribution < 1.29 is 53.0 Å². The zero-order chi connectivity index (χ0) is 45.4. The molecule has 16 heteroatoms. The summed E-state index contributed by atoms with van der Waals surface area (Å²) in [6.07, 6.45) is -0.694. The summed E-state index contributed by atoms with van der Waals surface area (Å²) in [7, 11) is 2.29. The maximum atomic E-state index is 14.8. The molecule has 0 saturated carbocycles. The number of H-pyrrole nitrogens is 1. The van der Waals surface area contributed by atoms with E-state index in [9.17, 15) is 24.6 Å². The first-order valence-corrected chi connectivity index (χ1v) is 23.5. The maximum Gasteiger partial charge on any atom is 0.411 e. The molecule has 3 aliphatic rings. The fourth-order valence-electron chi connectivity index (χ4n) is 8.18. The van der Waals surface area contributed by atoms with Crippen LogP contribution in [0.5, 0.6) is 5.75 Å². The van der Waals surface area contributed by atoms with Crippen LogP contribution in [0.25, 0.3) is 21.8 Å². The summed E-state index contributed by atoms with van der Waals surface area (Å²) in [6, 6.07) is 10.5. The minimum absolute atomic E-state index is 0.103. The summed E-state index contributed by atoms with van der Waals surface area (Å²) >= 11 is 5.49. The molecule has 1 amide bonds. The van der Waals surface area contributed by atoms with Crippen molar-refractivity contribution in [3.8, 4) is 29.4 Å². The molecule has 1 aliphatic carbocycles. The van der Waals surface area contributed by atoms with Gasteiger partial charge in [0, 0.05) is 59.2 Å². The van der Waals surface area contributed by atoms with Crippen LogP contribution in [-0.4, -0.2) is 121 Å². The molecule has 8 unspecified atom stereocenters. The molecular formula is C47H55N3O11S2. The van der Waals surface area contributed by atoms with Crippen molar-refractivity contribution >= 4 is 60.1 Å². The summed E-state index contributed by atoms with van der Waals surface area (Å²) < 4.78 is 37.3. The SMILES string of the molecule is CC#C/C=C\C#C[C@H](OC1OC(C)C(C(=O)c2cccc3c2[nH]c2ccc(O)cc23)CC1OC1CC(OC)C(NC(C)C)CO1)C1=C(NC(=O)OC)C(=O)C[C@H](O)/C1=C/CS(C)=S. The van der Waals surface area contributed by atoms with Gasteiger partial charge in [0.1, 0.15) is 18.0 Å². The number of aromatic hydroxyl groups is 1. The van der Waals surface area contributed by atoms with E-state index in [1.165, 1.54) is 13.2 Å². The smallest absolute Gasteiger partial charge is 0.411 e. The molecule has 3 heterocycles. The third kappa shape index (κ3) is 11.5. The zero-order valence-electron chi connectivity index (χ0n) is 36.4. The molecule has 6 rings (SSSR count). The van der Waals surface area contributed by atoms with Crippen LogP contribution in [0.3, 0.4) is 0 Å². The zero-order valence-corrected chi connectivity index (χ0v) is 38.0. The van der Waals surface area contributed by atoms with Crippen molar-refractivity contribution in [2.75, 3.05) is 32.8 Å². The van der Waals surface area contributed by atoms with E-state index < -0.39 is 64.2 Å². The van der Waals surface area contributed by atoms with E-state index in [-0.39, 0.29) is 60.4 Å². The number of Topliss-reactive ketones (excluding diaryl/α,β-unsaturated/α-hetero) is 2. The number of hydrogen-bond acceptors (Lipinski definition) is 13. The lowest BCUT2D eigenvalue weighted by Gasteiger charge is -2.43. The summed E-state index contributed by atoms with van der Waals surface area (Å²) in [5.74, 6) is 10.6. The summed E-state index contributed by atoms with van der Waals surface area (Å²) in [4.78, 5) is 44.6. The van der Waals surface area contributed by atoms with Gasteiger partial charge in [-0.05, 0) is 68.5 Å². The summed E-state index contributed by atoms with van der Waals surface area (Å²) in [5.41, 5.74) is 2.07. The van der Waals surface area contributed by atoms with Crippen molar-refractivity contribution in [3.63, 3.8) is 0 Å². The second-order valence-corrected chi connectivity index (χ2v) is 19.0. The first-order chi connectivity index (χ1) is 30.2. The van der Waals surface area contributed by atoms with Gasteiger partial charge in [0.15, 0.2) is 24.1 Å². The Bertz CT molecular complexity index is 2440. The highest BCUT2D eigenvalue weighted by molar-refractivity contribution is 8.28. The number of ether oxygens (including phenoxy) is 6. The van der Waals surface area contributed by atoms with E-state index in [2.05, 4.69) is 39.3 Å². The topological polar surface area (TPSA) is 187 Å². The Balaban J connectivity index is 1.43. The van der Waals surface area contributed by atoms with Crippen molar-refractivity contribution in [2.45, 2.75) is 102 Å². The number of phenolic OH excluding ortho intramolecular Hbond substituents is 1. The monoisotopic (exact) mass is 901 g/mol. The number of phenols is 1. The molecular weight excluding hydrogens is 847 g/mol. The minimum atomic E-state index is -1.32. The minimum Gasteiger partial charge on any atom is -0.508 e. The molecule has 336 valence electrons. The van der Waals surface area contributed by atoms with Crippen molar-refractivity contribution in [1.29, 1.82) is 0 Å². The number of ketones is 2. The number of carbonyl (C=O) groups is 3. The van der Waals surface area contributed by atoms with Gasteiger partial charge in [-0.25, -0.2) is 4.79 Å². The normalized spacial score (nSPS) is 26.9. The lowest BCUT2D eigenvalue weighted by atomic mass is 9.84. The number of fused-ring (bicyclic) bond motifs is 3. The molecule has 14 nitrogen and oxygen atoms in total. The number of nitrogens with one attached hydrogen (secondary N) is 3. The van der Waals surface area contributed by atoms with Crippen molar-refractivity contribution in [3.05, 3.63) is 77.0 Å². The van der Waals surface area contributed by atoms with Gasteiger partial charge in [0.2, 0.25) is 0 Å². The average molecular weight is 902 g/mol. The quantitative estimate of drug-likeness (QED) is 0.114. The standard InChI is InChI=1S/C47H55N3O11S2/c1-8-9-10-11-12-16-38(42-30(19-20-63(7)62)36(52)23-37(53)44(42)50-47(55)57-6)61-46-40(60-41-24-39(56-5)35(25-58-41)48-26(2)3)22-32(27(4)59-46)45(54)31-15-13-14-29-33-21-28(51)17-18-34(33)49-43(29)31/h10-11,13-15,17-19,21,26-27,32,35-36,38-41,46,48-49,51-52H,20,22-25H2,1-7H3,(H,50,55)/b11-10-,30-19-/t27?,32?,35?,36-,38-,39?,40?,41?,46?,63?/m0/s1. The molecule has 5 N–H and O–H groups in total. The Kier molecular flexibility index (Phi) is 16.5. The van der Waals surface area contributed by atoms with Gasteiger partial charge >= 0.3 is 6.09 Å². The Morgan fingerprint density at radius 2 is 1.89 bits per heavy atom. The number of alkyl carbamates (subject to hydrolysis) is 1. The molecule has 1 aromatic heterocycles. The van der Waals surface area contributed by atoms with Crippen molar-refractivity contribution in [2.24, 2.45) is 5.92 Å². The predicted octanol–water partition coefficient (Wildman–Crippen LogP) is 5.02. The molecule has 2 aliphatic heterocycles. The first-order valence-electron chi connectivity index (χ1n) is 20.8. The number of methoxy groups -OCH3 is 2. The van der Waals surface area contributed by atoms with Gasteiger partial charge in [-0.3, -0.25) is 14.9 Å². The van der Waals surface area contributed by atoms with Gasteiger partial charge in [-0.15, -0.1) is 15.4 Å². The number of rotatable bonds is 13. The third-order valence-electron chi connectivity index (χ3n) is 11.1. The van der Waals surface area contributed by atoms with E-state index in [1.807, 2.05) is 26.2 Å². The van der Waals surface area contributed by atoms with Gasteiger partial charge in [0.25, 0.3) is 0 Å². The lowest BCUT2D eigenvalue weighted by molar-refractivity contribution is -0.304. The molecule has 0 bridgehead atoms. The van der Waals surface area contributed by atoms with E-state index in [4.69, 9.17) is 39.6 Å². The molecule has 63 heavy (non-hydrogen) atoms. The number of allylic oxidation sites excluding steroid dienone is 3. The van der Waals surface area contributed by atoms with Crippen LogP contribution >= 0.6 is 0 Å². The molecule has 10 atom stereocenters. The first kappa shape index (κ1) is 47.8. The van der Waals surface area contributed by atoms with E-state index >= 15 is 0 Å². The van der Waals surface area contributed by atoms with Crippen LogP contribution in [0.1, 0.15) is 57.3 Å². The fraction of sp³-hybridized carbons (Fsp3) is 0.468. The van der Waals surface area contributed by atoms with Gasteiger partial charge < -0.3 is 48.9 Å². The molecule has 0 radical (unpaired) electrons. The van der Waals surface area contributed by atoms with E-state index in [0.717, 1.165) is 16.3 Å². The average Bonchev–Trinajstić information content (AvgIpc) is 3.62. The fourth-order valence-corrected chi connectivity index (χ4v) is 8.80. The van der Waals surface area contributed by atoms with Crippen LogP contribution in [0.2, 0.25) is 0 Å². The number of amides is 1. The van der Waals surface area contributed by atoms with Gasteiger partial charge in [0.05, 0.1) is 55.2 Å². The van der Waals surface area contributed by atoms with Crippen LogP contribution in [0.4, 0.5) is 4.79 Å². The molecule has 0 spiro atoms. The number of benzene rings is 2. The molecule has 2 fully saturated rings. The molecule has 3 aromatic rings. The van der Waals surface area contributed by atoms with Gasteiger partial charge in [-0.1, -0.05) is 61.0 Å². The Hall–Kier alpha value is -4.72. The van der Waals surface area contributed by atoms with Crippen LogP contribution < -0.4 is 10.6 Å². The number of aromatic nitrogens is 1. The predicted molar refractivity (Wildman–Crippen MR) is 243 cm³/mol. The number of aliphatic hydroxyl groups is 1. The largest absolute Gasteiger partial charge is 0.508 e. The van der Waals surface area contributed by atoms with Gasteiger partial charge in [-0.2, -0.15) is 0 Å². The number of para-hydroxylation sites is 1. The van der Waals surface area contributed by atoms with E-state index in [0.29, 0.717) is 28.8 Å². The number of aromatic amines is 1. The van der Waals surface area contributed by atoms with Crippen LogP contribution in [0, 0.1) is 29.6 Å². The Morgan fingerprint density at radius 3 is 2.60 bits per heavy atom. The highest BCUT2D eigenvalue weighted by Crippen LogP contribution is 2.38. The highest BCUT2D eigenvalue weighted by Gasteiger charge is 2.46. The number of hydrogen-bond donors (Lipinski definition) is 5. The number of aliphatic hydroxyl groups excluding tert-OH is 1. The third-order valence-corrected chi connectivity index (χ3v) is 12.2. The second-order valence-electron chi connectivity index (χ2n) is 15.9. The maximum absolute atomic E-state index is 14.8. The molecule has 2 saturated heterocycles. The summed E-state index contributed by atoms with van der Waals surface area (Å²) in [6.45, 7) is 7.83. The lowest BCUT2D eigenvalue weighted by Crippen LogP contribution is -2.55. The van der Waals surface area contributed by atoms with Crippen molar-refractivity contribution in [1.82, 2.24) is 15.6 Å². The Morgan fingerprint density at radius 1 is 1.11 bits per heavy atom. The summed E-state index contributed by atoms with van der Waals surface area (Å²) in [5, 5.41) is 29.3. The number of carbonyl (C=O) groups excluding carboxylic acids is 3. The second kappa shape index (κ2) is 21.8. The van der Waals surface area contributed by atoms with Crippen LogP contribution in [0.15, 0.2) is 71.5 Å². The molecule has 2 aromatic carbocycles. The Labute approximate surface area is 374 Å². The van der Waals surface area contributed by atoms with Crippen LogP contribution in [-0.2, 0) is 53.9 Å². The van der Waals surface area contributed by atoms with E-state index in [1.54, 1.807) is 63.4 Å². The highest BCUT2D eigenvalue weighted by atomic mass is 32.8.